The zero-order valence-corrected chi connectivity index (χ0v) is 12.5. The minimum Gasteiger partial charge on any atom is -0.478 e. The molecule has 20 heavy (non-hydrogen) atoms. The van der Waals surface area contributed by atoms with Gasteiger partial charge in [0, 0.05) is 5.92 Å². The Morgan fingerprint density at radius 3 is 2.45 bits per heavy atom. The Bertz CT molecular complexity index is 560. The number of aromatic carboxylic acids is 1. The molecule has 0 radical (unpaired) electrons. The molecule has 1 saturated carbocycles. The monoisotopic (exact) mass is 315 g/mol. The van der Waals surface area contributed by atoms with Crippen LogP contribution < -0.4 is 5.32 Å². The largest absolute Gasteiger partial charge is 0.478 e. The maximum Gasteiger partial charge on any atom is 0.339 e. The van der Waals surface area contributed by atoms with E-state index in [0.29, 0.717) is 5.92 Å². The van der Waals surface area contributed by atoms with E-state index in [9.17, 15) is 14.7 Å². The van der Waals surface area contributed by atoms with Gasteiger partial charge in [-0.1, -0.05) is 36.5 Å². The summed E-state index contributed by atoms with van der Waals surface area (Å²) in [5.41, 5.74) is -0.0890. The Morgan fingerprint density at radius 2 is 1.90 bits per heavy atom. The first-order chi connectivity index (χ1) is 9.41. The second kappa shape index (κ2) is 6.02. The number of rotatable bonds is 3. The van der Waals surface area contributed by atoms with Crippen molar-refractivity contribution < 1.29 is 14.7 Å². The summed E-state index contributed by atoms with van der Waals surface area (Å²) >= 11 is 11.9. The molecule has 6 heteroatoms. The highest BCUT2D eigenvalue weighted by Crippen LogP contribution is 2.35. The molecule has 2 unspecified atom stereocenters. The van der Waals surface area contributed by atoms with Gasteiger partial charge in [-0.05, 0) is 30.9 Å². The first kappa shape index (κ1) is 15.1. The van der Waals surface area contributed by atoms with Gasteiger partial charge < -0.3 is 10.4 Å². The fourth-order valence-electron chi connectivity index (χ4n) is 2.63. The molecule has 108 valence electrons. The summed E-state index contributed by atoms with van der Waals surface area (Å²) < 4.78 is 0. The Balaban J connectivity index is 2.31. The van der Waals surface area contributed by atoms with Crippen LogP contribution in [0.4, 0.5) is 5.69 Å². The van der Waals surface area contributed by atoms with Crippen molar-refractivity contribution in [3.05, 3.63) is 27.7 Å². The molecule has 0 aromatic heterocycles. The number of anilines is 1. The van der Waals surface area contributed by atoms with Crippen molar-refractivity contribution in [2.45, 2.75) is 26.2 Å². The van der Waals surface area contributed by atoms with Gasteiger partial charge in [-0.2, -0.15) is 0 Å². The molecule has 0 heterocycles. The topological polar surface area (TPSA) is 66.4 Å². The predicted molar refractivity (Wildman–Crippen MR) is 78.6 cm³/mol. The highest BCUT2D eigenvalue weighted by Gasteiger charge is 2.31. The van der Waals surface area contributed by atoms with Crippen LogP contribution in [0, 0.1) is 11.8 Å². The summed E-state index contributed by atoms with van der Waals surface area (Å²) in [6.45, 7) is 2.02. The quantitative estimate of drug-likeness (QED) is 0.883. The van der Waals surface area contributed by atoms with Crippen LogP contribution in [-0.4, -0.2) is 17.0 Å². The van der Waals surface area contributed by atoms with Gasteiger partial charge in [-0.15, -0.1) is 0 Å². The Hall–Kier alpha value is -1.26. The third-order valence-corrected chi connectivity index (χ3v) is 4.39. The van der Waals surface area contributed by atoms with Crippen LogP contribution in [0.2, 0.25) is 10.0 Å². The number of carboxylic acids is 1. The summed E-state index contributed by atoms with van der Waals surface area (Å²) in [4.78, 5) is 23.5. The van der Waals surface area contributed by atoms with Crippen LogP contribution in [-0.2, 0) is 4.79 Å². The predicted octanol–water partition coefficient (Wildman–Crippen LogP) is 4.07. The van der Waals surface area contributed by atoms with Crippen molar-refractivity contribution in [2.24, 2.45) is 11.8 Å². The van der Waals surface area contributed by atoms with Crippen LogP contribution in [0.5, 0.6) is 0 Å². The second-order valence-corrected chi connectivity index (χ2v) is 5.90. The minimum absolute atomic E-state index is 0.0525. The highest BCUT2D eigenvalue weighted by molar-refractivity contribution is 6.38. The lowest BCUT2D eigenvalue weighted by Gasteiger charge is -2.17. The van der Waals surface area contributed by atoms with E-state index in [-0.39, 0.29) is 33.1 Å². The fraction of sp³-hybridized carbons (Fsp3) is 0.429. The third-order valence-electron chi connectivity index (χ3n) is 3.76. The number of carbonyl (C=O) groups is 2. The maximum absolute atomic E-state index is 12.3. The molecule has 4 nitrogen and oxygen atoms in total. The van der Waals surface area contributed by atoms with Crippen molar-refractivity contribution in [3.8, 4) is 0 Å². The van der Waals surface area contributed by atoms with Crippen LogP contribution in [0.3, 0.4) is 0 Å². The van der Waals surface area contributed by atoms with E-state index in [1.807, 2.05) is 6.92 Å². The van der Waals surface area contributed by atoms with Gasteiger partial charge in [0.25, 0.3) is 0 Å². The van der Waals surface area contributed by atoms with E-state index in [0.717, 1.165) is 19.3 Å². The Labute approximate surface area is 127 Å². The minimum atomic E-state index is -1.22. The number of amides is 1. The normalized spacial score (nSPS) is 21.8. The van der Waals surface area contributed by atoms with Crippen LogP contribution >= 0.6 is 23.2 Å². The molecular formula is C14H15Cl2NO3. The SMILES string of the molecule is CC1CCCC1C(=O)Nc1c(Cl)ccc(Cl)c1C(=O)O. The first-order valence-electron chi connectivity index (χ1n) is 6.44. The number of hydrogen-bond donors (Lipinski definition) is 2. The van der Waals surface area contributed by atoms with Gasteiger partial charge >= 0.3 is 5.97 Å². The zero-order valence-electron chi connectivity index (χ0n) is 11.0. The van der Waals surface area contributed by atoms with Crippen LogP contribution in [0.15, 0.2) is 12.1 Å². The molecule has 0 bridgehead atoms. The molecule has 1 amide bonds. The highest BCUT2D eigenvalue weighted by atomic mass is 35.5. The Morgan fingerprint density at radius 1 is 1.25 bits per heavy atom. The van der Waals surface area contributed by atoms with E-state index in [1.165, 1.54) is 12.1 Å². The average Bonchev–Trinajstić information content (AvgIpc) is 2.79. The van der Waals surface area contributed by atoms with Crippen molar-refractivity contribution >= 4 is 40.8 Å². The molecule has 0 saturated heterocycles. The van der Waals surface area contributed by atoms with E-state index in [1.54, 1.807) is 0 Å². The van der Waals surface area contributed by atoms with E-state index < -0.39 is 5.97 Å². The van der Waals surface area contributed by atoms with E-state index in [2.05, 4.69) is 5.32 Å². The molecule has 0 spiro atoms. The van der Waals surface area contributed by atoms with Crippen molar-refractivity contribution in [1.29, 1.82) is 0 Å². The summed E-state index contributed by atoms with van der Waals surface area (Å²) in [5, 5.41) is 12.1. The molecule has 1 aliphatic carbocycles. The first-order valence-corrected chi connectivity index (χ1v) is 7.19. The molecule has 1 aromatic carbocycles. The van der Waals surface area contributed by atoms with Crippen molar-refractivity contribution in [3.63, 3.8) is 0 Å². The lowest BCUT2D eigenvalue weighted by atomic mass is 9.97. The standard InChI is InChI=1S/C14H15Cl2NO3/c1-7-3-2-4-8(7)13(18)17-12-10(16)6-5-9(15)11(12)14(19)20/h5-8H,2-4H2,1H3,(H,17,18)(H,19,20). The summed E-state index contributed by atoms with van der Waals surface area (Å²) in [5.74, 6) is -1.22. The van der Waals surface area contributed by atoms with E-state index >= 15 is 0 Å². The lowest BCUT2D eigenvalue weighted by molar-refractivity contribution is -0.120. The maximum atomic E-state index is 12.3. The molecule has 1 fully saturated rings. The number of carboxylic acid groups (broad SMARTS) is 1. The van der Waals surface area contributed by atoms with Gasteiger partial charge in [0.05, 0.1) is 15.7 Å². The second-order valence-electron chi connectivity index (χ2n) is 5.09. The molecule has 2 rings (SSSR count). The summed E-state index contributed by atoms with van der Waals surface area (Å²) in [7, 11) is 0. The molecule has 1 aromatic rings. The third kappa shape index (κ3) is 2.91. The summed E-state index contributed by atoms with van der Waals surface area (Å²) in [6, 6.07) is 2.88. The molecule has 0 aliphatic heterocycles. The van der Waals surface area contributed by atoms with Gasteiger partial charge in [-0.3, -0.25) is 4.79 Å². The Kier molecular flexibility index (Phi) is 4.55. The molecular weight excluding hydrogens is 301 g/mol. The average molecular weight is 316 g/mol. The lowest BCUT2D eigenvalue weighted by Crippen LogP contribution is -2.25. The fourth-order valence-corrected chi connectivity index (χ4v) is 3.08. The number of nitrogens with one attached hydrogen (secondary N) is 1. The summed E-state index contributed by atoms with van der Waals surface area (Å²) in [6.07, 6.45) is 2.83. The van der Waals surface area contributed by atoms with Gasteiger partial charge in [0.1, 0.15) is 5.56 Å². The number of halogens is 2. The number of hydrogen-bond acceptors (Lipinski definition) is 2. The number of benzene rings is 1. The van der Waals surface area contributed by atoms with E-state index in [4.69, 9.17) is 23.2 Å². The van der Waals surface area contributed by atoms with Gasteiger partial charge in [0.15, 0.2) is 0 Å². The van der Waals surface area contributed by atoms with Crippen molar-refractivity contribution in [2.75, 3.05) is 5.32 Å². The molecule has 1 aliphatic rings. The van der Waals surface area contributed by atoms with Crippen LogP contribution in [0.1, 0.15) is 36.5 Å². The zero-order chi connectivity index (χ0) is 14.9. The molecule has 2 N–H and O–H groups in total. The number of carbonyl (C=O) groups excluding carboxylic acids is 1. The van der Waals surface area contributed by atoms with Gasteiger partial charge in [0.2, 0.25) is 5.91 Å². The smallest absolute Gasteiger partial charge is 0.339 e. The van der Waals surface area contributed by atoms with Gasteiger partial charge in [-0.25, -0.2) is 4.79 Å². The molecule has 2 atom stereocenters. The van der Waals surface area contributed by atoms with Crippen LogP contribution in [0.25, 0.3) is 0 Å². The van der Waals surface area contributed by atoms with Crippen molar-refractivity contribution in [1.82, 2.24) is 0 Å².